The molecule has 0 spiro atoms. The second-order valence-corrected chi connectivity index (χ2v) is 5.52. The second-order valence-electron chi connectivity index (χ2n) is 4.43. The molecule has 0 aromatic carbocycles. The lowest BCUT2D eigenvalue weighted by atomic mass is 10.1. The molecule has 0 aromatic heterocycles. The Balaban J connectivity index is -0.00000128. The molecule has 7 heteroatoms. The molecule has 0 radical (unpaired) electrons. The van der Waals surface area contributed by atoms with Gasteiger partial charge in [-0.1, -0.05) is 64.7 Å². The van der Waals surface area contributed by atoms with Gasteiger partial charge in [0.25, 0.3) is 0 Å². The maximum atomic E-state index is 10.2. The van der Waals surface area contributed by atoms with Crippen molar-refractivity contribution in [1.82, 2.24) is 6.15 Å². The molecule has 0 aromatic rings. The highest BCUT2D eigenvalue weighted by molar-refractivity contribution is 7.80. The highest BCUT2D eigenvalue weighted by Gasteiger charge is 2.02. The SMILES string of the molecule is CCCCCCCCCCCCOS(=O)(=O)O.N.[AlH3]. The van der Waals surface area contributed by atoms with Crippen LogP contribution in [0.4, 0.5) is 0 Å². The third-order valence-corrected chi connectivity index (χ3v) is 3.19. The van der Waals surface area contributed by atoms with Crippen molar-refractivity contribution in [1.29, 1.82) is 0 Å². The topological polar surface area (TPSA) is 98.6 Å². The number of hydrogen-bond donors (Lipinski definition) is 2. The first-order valence-electron chi connectivity index (χ1n) is 6.68. The lowest BCUT2D eigenvalue weighted by molar-refractivity contribution is 0.261. The van der Waals surface area contributed by atoms with Crippen LogP contribution in [0, 0.1) is 0 Å². The lowest BCUT2D eigenvalue weighted by Gasteiger charge is -2.02. The van der Waals surface area contributed by atoms with Gasteiger partial charge in [-0.2, -0.15) is 8.42 Å². The molecule has 5 nitrogen and oxygen atoms in total. The van der Waals surface area contributed by atoms with Crippen LogP contribution < -0.4 is 6.15 Å². The van der Waals surface area contributed by atoms with Crippen molar-refractivity contribution in [3.63, 3.8) is 0 Å². The molecular formula is C12H32AlNO4S. The third-order valence-electron chi connectivity index (χ3n) is 2.73. The van der Waals surface area contributed by atoms with Crippen molar-refractivity contribution in [3.8, 4) is 0 Å². The van der Waals surface area contributed by atoms with Gasteiger partial charge in [0.2, 0.25) is 0 Å². The third kappa shape index (κ3) is 23.8. The molecule has 0 amide bonds. The molecule has 0 saturated carbocycles. The zero-order valence-corrected chi connectivity index (χ0v) is 12.4. The highest BCUT2D eigenvalue weighted by atomic mass is 32.3. The van der Waals surface area contributed by atoms with E-state index in [0.717, 1.165) is 12.8 Å². The van der Waals surface area contributed by atoms with E-state index in [1.807, 2.05) is 0 Å². The molecule has 19 heavy (non-hydrogen) atoms. The largest absolute Gasteiger partial charge is 0.397 e. The van der Waals surface area contributed by atoms with Crippen molar-refractivity contribution in [2.75, 3.05) is 6.61 Å². The smallest absolute Gasteiger partial charge is 0.344 e. The Morgan fingerprint density at radius 2 is 1.21 bits per heavy atom. The molecule has 0 saturated heterocycles. The fourth-order valence-corrected chi connectivity index (χ4v) is 2.08. The predicted molar refractivity (Wildman–Crippen MR) is 84.3 cm³/mol. The summed E-state index contributed by atoms with van der Waals surface area (Å²) in [6.07, 6.45) is 11.9. The summed E-state index contributed by atoms with van der Waals surface area (Å²) in [5.41, 5.74) is 0. The quantitative estimate of drug-likeness (QED) is 0.328. The van der Waals surface area contributed by atoms with E-state index in [0.29, 0.717) is 6.42 Å². The Bertz CT molecular complexity index is 260. The van der Waals surface area contributed by atoms with Crippen LogP contribution in [-0.4, -0.2) is 36.9 Å². The van der Waals surface area contributed by atoms with E-state index in [1.165, 1.54) is 44.9 Å². The first-order chi connectivity index (χ1) is 8.06. The van der Waals surface area contributed by atoms with E-state index in [-0.39, 0.29) is 30.1 Å². The average molecular weight is 313 g/mol. The van der Waals surface area contributed by atoms with Crippen LogP contribution in [0.25, 0.3) is 0 Å². The Morgan fingerprint density at radius 1 is 0.842 bits per heavy atom. The first kappa shape index (κ1) is 24.4. The fourth-order valence-electron chi connectivity index (χ4n) is 1.75. The summed E-state index contributed by atoms with van der Waals surface area (Å²) in [6, 6.07) is 0. The highest BCUT2D eigenvalue weighted by Crippen LogP contribution is 2.10. The van der Waals surface area contributed by atoms with E-state index in [9.17, 15) is 8.42 Å². The maximum absolute atomic E-state index is 10.2. The minimum atomic E-state index is -4.23. The molecule has 0 atom stereocenters. The number of rotatable bonds is 12. The van der Waals surface area contributed by atoms with Gasteiger partial charge in [-0.25, -0.2) is 4.18 Å². The first-order valence-corrected chi connectivity index (χ1v) is 8.04. The van der Waals surface area contributed by atoms with Crippen molar-refractivity contribution >= 4 is 27.8 Å². The van der Waals surface area contributed by atoms with Crippen LogP contribution in [0.1, 0.15) is 71.1 Å². The molecule has 0 aliphatic carbocycles. The van der Waals surface area contributed by atoms with E-state index < -0.39 is 10.4 Å². The minimum Gasteiger partial charge on any atom is -0.344 e. The summed E-state index contributed by atoms with van der Waals surface area (Å²) in [5.74, 6) is 0. The van der Waals surface area contributed by atoms with Gasteiger partial charge in [-0.15, -0.1) is 0 Å². The number of hydrogen-bond acceptors (Lipinski definition) is 4. The predicted octanol–water partition coefficient (Wildman–Crippen LogP) is 2.70. The molecular weight excluding hydrogens is 281 g/mol. The minimum absolute atomic E-state index is 0. The molecule has 0 bridgehead atoms. The van der Waals surface area contributed by atoms with E-state index >= 15 is 0 Å². The van der Waals surface area contributed by atoms with Crippen molar-refractivity contribution < 1.29 is 17.2 Å². The summed E-state index contributed by atoms with van der Waals surface area (Å²) in [6.45, 7) is 2.31. The summed E-state index contributed by atoms with van der Waals surface area (Å²) in [7, 11) is -4.23. The van der Waals surface area contributed by atoms with Crippen LogP contribution in [0.15, 0.2) is 0 Å². The van der Waals surface area contributed by atoms with Crippen molar-refractivity contribution in [3.05, 3.63) is 0 Å². The van der Waals surface area contributed by atoms with Gasteiger partial charge in [0.05, 0.1) is 6.61 Å². The van der Waals surface area contributed by atoms with E-state index in [2.05, 4.69) is 11.1 Å². The normalized spacial score (nSPS) is 10.6. The van der Waals surface area contributed by atoms with Gasteiger partial charge < -0.3 is 6.15 Å². The van der Waals surface area contributed by atoms with Gasteiger partial charge in [-0.3, -0.25) is 4.55 Å². The average Bonchev–Trinajstić information content (AvgIpc) is 2.24. The number of unbranched alkanes of at least 4 members (excludes halogenated alkanes) is 9. The van der Waals surface area contributed by atoms with Crippen LogP contribution in [0.2, 0.25) is 0 Å². The molecule has 0 aliphatic rings. The van der Waals surface area contributed by atoms with Crippen LogP contribution in [0.3, 0.4) is 0 Å². The van der Waals surface area contributed by atoms with Crippen molar-refractivity contribution in [2.45, 2.75) is 71.1 Å². The molecule has 0 unspecified atom stereocenters. The van der Waals surface area contributed by atoms with Gasteiger partial charge in [0, 0.05) is 0 Å². The Labute approximate surface area is 129 Å². The summed E-state index contributed by atoms with van der Waals surface area (Å²) in [4.78, 5) is 0. The van der Waals surface area contributed by atoms with Crippen molar-refractivity contribution in [2.24, 2.45) is 0 Å². The Kier molecular flexibility index (Phi) is 21.1. The van der Waals surface area contributed by atoms with E-state index in [4.69, 9.17) is 4.55 Å². The maximum Gasteiger partial charge on any atom is 0.397 e. The molecule has 0 fully saturated rings. The standard InChI is InChI=1S/C12H26O4S.Al.H3N.3H/c1-2-3-4-5-6-7-8-9-10-11-12-16-17(13,14)15;;;;;/h2-12H2,1H3,(H,13,14,15);;1H3;;;. The zero-order valence-electron chi connectivity index (χ0n) is 11.6. The van der Waals surface area contributed by atoms with Crippen LogP contribution >= 0.6 is 0 Å². The second kappa shape index (κ2) is 16.4. The van der Waals surface area contributed by atoms with Gasteiger partial charge >= 0.3 is 10.4 Å². The molecule has 0 rings (SSSR count). The lowest BCUT2D eigenvalue weighted by Crippen LogP contribution is -2.04. The zero-order chi connectivity index (χ0) is 13.0. The molecule has 4 N–H and O–H groups in total. The van der Waals surface area contributed by atoms with Gasteiger partial charge in [0.1, 0.15) is 0 Å². The molecule has 0 aliphatic heterocycles. The summed E-state index contributed by atoms with van der Waals surface area (Å²) >= 11 is 0. The van der Waals surface area contributed by atoms with Crippen LogP contribution in [0.5, 0.6) is 0 Å². The van der Waals surface area contributed by atoms with Crippen LogP contribution in [-0.2, 0) is 14.6 Å². The molecule has 0 heterocycles. The van der Waals surface area contributed by atoms with E-state index in [1.54, 1.807) is 0 Å². The summed E-state index contributed by atoms with van der Waals surface area (Å²) in [5, 5.41) is 0. The molecule has 118 valence electrons. The van der Waals surface area contributed by atoms with Gasteiger partial charge in [-0.05, 0) is 6.42 Å². The Morgan fingerprint density at radius 3 is 1.58 bits per heavy atom. The fraction of sp³-hybridized carbons (Fsp3) is 1.00. The Hall–Kier alpha value is 0.362. The monoisotopic (exact) mass is 313 g/mol. The summed E-state index contributed by atoms with van der Waals surface area (Å²) < 4.78 is 33.0. The van der Waals surface area contributed by atoms with Gasteiger partial charge in [0.15, 0.2) is 17.4 Å².